The average molecular weight is 517 g/mol. The summed E-state index contributed by atoms with van der Waals surface area (Å²) in [5.41, 5.74) is 4.60. The zero-order chi connectivity index (χ0) is 26.7. The van der Waals surface area contributed by atoms with Gasteiger partial charge in [-0.25, -0.2) is 0 Å². The van der Waals surface area contributed by atoms with Gasteiger partial charge in [0.05, 0.1) is 11.5 Å². The minimum atomic E-state index is -0.672. The van der Waals surface area contributed by atoms with Crippen molar-refractivity contribution in [2.45, 2.75) is 56.5 Å². The van der Waals surface area contributed by atoms with Crippen molar-refractivity contribution in [1.82, 2.24) is 9.80 Å². The summed E-state index contributed by atoms with van der Waals surface area (Å²) in [6, 6.07) is 42.8. The van der Waals surface area contributed by atoms with Crippen LogP contribution in [-0.2, 0) is 30.0 Å². The fourth-order valence-corrected chi connectivity index (χ4v) is 7.24. The predicted octanol–water partition coefficient (Wildman–Crippen LogP) is 6.72. The average Bonchev–Trinajstić information content (AvgIpc) is 3.18. The van der Waals surface area contributed by atoms with E-state index < -0.39 is 17.4 Å². The van der Waals surface area contributed by atoms with Gasteiger partial charge in [-0.15, -0.1) is 0 Å². The molecule has 4 aromatic carbocycles. The van der Waals surface area contributed by atoms with Crippen molar-refractivity contribution in [2.75, 3.05) is 0 Å². The van der Waals surface area contributed by atoms with Crippen molar-refractivity contribution in [3.8, 4) is 0 Å². The fraction of sp³-hybridized carbons (Fsp3) is 0.286. The molecule has 39 heavy (non-hydrogen) atoms. The Hall–Kier alpha value is -3.73. The SMILES string of the molecule is O=C(O)C1CC2(c3ccccc3)C(N(Cc3ccccc3)Cc3ccccc3)CCC1N2Cc1ccccc1. The van der Waals surface area contributed by atoms with E-state index in [0.717, 1.165) is 32.5 Å². The molecular weight excluding hydrogens is 480 g/mol. The number of hydrogen-bond acceptors (Lipinski definition) is 3. The number of carboxylic acids is 1. The van der Waals surface area contributed by atoms with Gasteiger partial charge in [0.2, 0.25) is 0 Å². The number of benzene rings is 4. The Balaban J connectivity index is 1.49. The first-order valence-corrected chi connectivity index (χ1v) is 14.1. The van der Waals surface area contributed by atoms with E-state index in [0.29, 0.717) is 6.42 Å². The number of carboxylic acid groups (broad SMARTS) is 1. The second-order valence-corrected chi connectivity index (χ2v) is 11.1. The van der Waals surface area contributed by atoms with Crippen LogP contribution in [0.1, 0.15) is 41.5 Å². The van der Waals surface area contributed by atoms with Gasteiger partial charge in [-0.1, -0.05) is 121 Å². The van der Waals surface area contributed by atoms with Crippen molar-refractivity contribution < 1.29 is 9.90 Å². The number of piperidine rings is 1. The summed E-state index contributed by atoms with van der Waals surface area (Å²) in [4.78, 5) is 17.9. The summed E-state index contributed by atoms with van der Waals surface area (Å²) in [7, 11) is 0. The quantitative estimate of drug-likeness (QED) is 0.268. The van der Waals surface area contributed by atoms with Crippen LogP contribution in [0.5, 0.6) is 0 Å². The molecule has 4 heteroatoms. The van der Waals surface area contributed by atoms with Gasteiger partial charge in [0.15, 0.2) is 0 Å². The van der Waals surface area contributed by atoms with E-state index in [4.69, 9.17) is 0 Å². The van der Waals surface area contributed by atoms with Crippen LogP contribution in [0.4, 0.5) is 0 Å². The van der Waals surface area contributed by atoms with E-state index in [1.807, 2.05) is 6.07 Å². The van der Waals surface area contributed by atoms with Crippen molar-refractivity contribution >= 4 is 5.97 Å². The van der Waals surface area contributed by atoms with Gasteiger partial charge in [0, 0.05) is 31.7 Å². The molecule has 0 spiro atoms. The second-order valence-electron chi connectivity index (χ2n) is 11.1. The lowest BCUT2D eigenvalue weighted by Gasteiger charge is -2.54. The van der Waals surface area contributed by atoms with Gasteiger partial charge in [-0.3, -0.25) is 14.6 Å². The molecule has 1 N–H and O–H groups in total. The molecule has 2 aliphatic rings. The molecule has 0 amide bonds. The Morgan fingerprint density at radius 3 is 1.72 bits per heavy atom. The van der Waals surface area contributed by atoms with Gasteiger partial charge in [-0.05, 0) is 41.5 Å². The first-order chi connectivity index (χ1) is 19.1. The highest BCUT2D eigenvalue weighted by atomic mass is 16.4. The van der Waals surface area contributed by atoms with E-state index in [2.05, 4.69) is 125 Å². The maximum absolute atomic E-state index is 12.7. The van der Waals surface area contributed by atoms with E-state index in [1.165, 1.54) is 22.3 Å². The van der Waals surface area contributed by atoms with Crippen LogP contribution in [0.25, 0.3) is 0 Å². The van der Waals surface area contributed by atoms with Crippen molar-refractivity contribution in [3.05, 3.63) is 144 Å². The number of hydrogen-bond donors (Lipinski definition) is 1. The van der Waals surface area contributed by atoms with Crippen molar-refractivity contribution in [1.29, 1.82) is 0 Å². The van der Waals surface area contributed by atoms with Crippen LogP contribution >= 0.6 is 0 Å². The van der Waals surface area contributed by atoms with E-state index in [9.17, 15) is 9.90 Å². The van der Waals surface area contributed by atoms with E-state index in [1.54, 1.807) is 0 Å². The predicted molar refractivity (Wildman–Crippen MR) is 155 cm³/mol. The molecule has 198 valence electrons. The minimum Gasteiger partial charge on any atom is -0.481 e. The van der Waals surface area contributed by atoms with Crippen LogP contribution in [-0.4, -0.2) is 33.0 Å². The number of rotatable bonds is 9. The third-order valence-corrected chi connectivity index (χ3v) is 8.88. The molecule has 4 atom stereocenters. The molecule has 0 aliphatic carbocycles. The van der Waals surface area contributed by atoms with Crippen LogP contribution < -0.4 is 0 Å². The Kier molecular flexibility index (Phi) is 7.32. The zero-order valence-electron chi connectivity index (χ0n) is 22.3. The Labute approximate surface area is 231 Å². The summed E-state index contributed by atoms with van der Waals surface area (Å²) in [5.74, 6) is -1.07. The molecule has 4 unspecified atom stereocenters. The summed E-state index contributed by atoms with van der Waals surface area (Å²) in [6.45, 7) is 2.37. The minimum absolute atomic E-state index is 0.00876. The highest BCUT2D eigenvalue weighted by Gasteiger charge is 2.61. The fourth-order valence-electron chi connectivity index (χ4n) is 7.24. The molecule has 2 aliphatic heterocycles. The Morgan fingerprint density at radius 2 is 1.21 bits per heavy atom. The smallest absolute Gasteiger partial charge is 0.308 e. The second kappa shape index (κ2) is 11.2. The number of carbonyl (C=O) groups is 1. The molecule has 0 radical (unpaired) electrons. The third kappa shape index (κ3) is 5.03. The van der Waals surface area contributed by atoms with Gasteiger partial charge < -0.3 is 5.11 Å². The van der Waals surface area contributed by atoms with Crippen molar-refractivity contribution in [3.63, 3.8) is 0 Å². The van der Waals surface area contributed by atoms with E-state index in [-0.39, 0.29) is 12.1 Å². The summed E-state index contributed by atoms with van der Waals surface area (Å²) in [6.07, 6.45) is 2.46. The van der Waals surface area contributed by atoms with E-state index >= 15 is 0 Å². The lowest BCUT2D eigenvalue weighted by molar-refractivity contribution is -0.142. The highest BCUT2D eigenvalue weighted by Crippen LogP contribution is 2.55. The molecular formula is C35H36N2O2. The van der Waals surface area contributed by atoms with Gasteiger partial charge in [0.25, 0.3) is 0 Å². The van der Waals surface area contributed by atoms with Gasteiger partial charge in [0.1, 0.15) is 0 Å². The van der Waals surface area contributed by atoms with Gasteiger partial charge in [-0.2, -0.15) is 0 Å². The van der Waals surface area contributed by atoms with Crippen LogP contribution in [0.15, 0.2) is 121 Å². The highest BCUT2D eigenvalue weighted by molar-refractivity contribution is 5.72. The maximum Gasteiger partial charge on any atom is 0.308 e. The molecule has 2 fully saturated rings. The molecule has 0 saturated carbocycles. The molecule has 0 aromatic heterocycles. The zero-order valence-corrected chi connectivity index (χ0v) is 22.3. The molecule has 2 bridgehead atoms. The summed E-state index contributed by atoms with van der Waals surface area (Å²) >= 11 is 0. The number of fused-ring (bicyclic) bond motifs is 2. The lowest BCUT2D eigenvalue weighted by atomic mass is 9.75. The molecule has 2 heterocycles. The first kappa shape index (κ1) is 25.5. The standard InChI is InChI=1S/C35H36N2O2/c38-34(39)31-23-35(30-19-11-4-12-20-30)33(22-21-32(31)37(35)26-29-17-9-3-10-18-29)36(24-27-13-5-1-6-14-27)25-28-15-7-2-8-16-28/h1-20,31-33H,21-26H2,(H,38,39). The maximum atomic E-state index is 12.7. The normalized spacial score (nSPS) is 24.6. The topological polar surface area (TPSA) is 43.8 Å². The van der Waals surface area contributed by atoms with Crippen LogP contribution in [0.2, 0.25) is 0 Å². The molecule has 6 rings (SSSR count). The lowest BCUT2D eigenvalue weighted by Crippen LogP contribution is -2.61. The number of aliphatic carboxylic acids is 1. The van der Waals surface area contributed by atoms with Crippen LogP contribution in [0.3, 0.4) is 0 Å². The molecule has 4 nitrogen and oxygen atoms in total. The monoisotopic (exact) mass is 516 g/mol. The van der Waals surface area contributed by atoms with Gasteiger partial charge >= 0.3 is 5.97 Å². The largest absolute Gasteiger partial charge is 0.481 e. The third-order valence-electron chi connectivity index (χ3n) is 8.88. The van der Waals surface area contributed by atoms with Crippen LogP contribution in [0, 0.1) is 5.92 Å². The molecule has 2 saturated heterocycles. The first-order valence-electron chi connectivity index (χ1n) is 14.1. The van der Waals surface area contributed by atoms with Crippen molar-refractivity contribution in [2.24, 2.45) is 5.92 Å². The number of nitrogens with zero attached hydrogens (tertiary/aromatic N) is 2. The molecule has 4 aromatic rings. The Morgan fingerprint density at radius 1 is 0.718 bits per heavy atom. The Bertz CT molecular complexity index is 1320. The summed E-state index contributed by atoms with van der Waals surface area (Å²) < 4.78 is 0. The summed E-state index contributed by atoms with van der Waals surface area (Å²) in [5, 5.41) is 10.5.